The molecule has 2 amide bonds. The minimum atomic E-state index is -0.852. The number of amides is 2. The van der Waals surface area contributed by atoms with Gasteiger partial charge in [0.1, 0.15) is 0 Å². The van der Waals surface area contributed by atoms with E-state index >= 15 is 0 Å². The molecule has 0 spiro atoms. The van der Waals surface area contributed by atoms with E-state index in [1.165, 1.54) is 13.2 Å². The van der Waals surface area contributed by atoms with Crippen LogP contribution < -0.4 is 5.73 Å². The lowest BCUT2D eigenvalue weighted by Crippen LogP contribution is -2.26. The van der Waals surface area contributed by atoms with Crippen LogP contribution in [0.15, 0.2) is 29.8 Å². The van der Waals surface area contributed by atoms with Crippen LogP contribution in [0.2, 0.25) is 0 Å². The Morgan fingerprint density at radius 1 is 1.56 bits per heavy atom. The van der Waals surface area contributed by atoms with Crippen molar-refractivity contribution >= 4 is 23.8 Å². The van der Waals surface area contributed by atoms with E-state index < -0.39 is 6.03 Å². The van der Waals surface area contributed by atoms with Crippen molar-refractivity contribution in [2.45, 2.75) is 0 Å². The molecule has 0 radical (unpaired) electrons. The van der Waals surface area contributed by atoms with Crippen molar-refractivity contribution in [1.82, 2.24) is 9.99 Å². The number of nitrogens with zero attached hydrogens (tertiary/aromatic N) is 3. The molecule has 1 aromatic rings. The molecule has 7 nitrogen and oxygen atoms in total. The largest absolute Gasteiger partial charge is 0.350 e. The first-order valence-corrected chi connectivity index (χ1v) is 4.43. The van der Waals surface area contributed by atoms with Gasteiger partial charge in [-0.15, -0.1) is 17.5 Å². The number of carbonyl (C=O) groups excluding carboxylic acids is 2. The first kappa shape index (κ1) is 14.0. The lowest BCUT2D eigenvalue weighted by molar-refractivity contribution is 0.109. The molecule has 2 N–H and O–H groups in total. The number of primary amides is 1. The lowest BCUT2D eigenvalue weighted by Gasteiger charge is -1.97. The average molecular weight is 242 g/mol. The van der Waals surface area contributed by atoms with Crippen LogP contribution in [0.25, 0.3) is 0 Å². The molecule has 0 bridgehead atoms. The summed E-state index contributed by atoms with van der Waals surface area (Å²) in [6, 6.07) is 2.52. The lowest BCUT2D eigenvalue weighted by atomic mass is 10.3. The second kappa shape index (κ2) is 7.35. The Balaban J connectivity index is 0.000000293. The summed E-state index contributed by atoms with van der Waals surface area (Å²) in [7, 11) is 1.18. The summed E-state index contributed by atoms with van der Waals surface area (Å²) >= 11 is 3.61. The quantitative estimate of drug-likeness (QED) is 0.455. The number of urea groups is 1. The molecule has 0 aromatic carbocycles. The maximum absolute atomic E-state index is 10.5. The second-order valence-electron chi connectivity index (χ2n) is 2.49. The average Bonchev–Trinajstić information content (AvgIpc) is 2.29. The number of nitroso groups, excluding NO2 is 1. The Hall–Kier alpha value is -1.96. The Labute approximate surface area is 97.0 Å². The number of hydrogen-bond donors (Lipinski definition) is 2. The highest BCUT2D eigenvalue weighted by atomic mass is 32.1. The number of carbonyl (C=O) groups is 2. The normalized spacial score (nSPS) is 8.38. The van der Waals surface area contributed by atoms with Crippen molar-refractivity contribution in [3.8, 4) is 0 Å². The Morgan fingerprint density at radius 2 is 2.19 bits per heavy atom. The predicted octanol–water partition coefficient (Wildman–Crippen LogP) is 0.830. The van der Waals surface area contributed by atoms with Gasteiger partial charge in [0, 0.05) is 25.0 Å². The molecule has 0 fully saturated rings. The van der Waals surface area contributed by atoms with Gasteiger partial charge in [0.05, 0.1) is 5.29 Å². The third-order valence-electron chi connectivity index (χ3n) is 1.35. The van der Waals surface area contributed by atoms with Crippen LogP contribution in [0.1, 0.15) is 10.4 Å². The zero-order chi connectivity index (χ0) is 12.6. The minimum absolute atomic E-state index is 0.247. The number of hydrogen-bond acceptors (Lipinski definition) is 5. The highest BCUT2D eigenvalue weighted by Gasteiger charge is 1.97. The zero-order valence-electron chi connectivity index (χ0n) is 8.40. The van der Waals surface area contributed by atoms with Gasteiger partial charge in [0.25, 0.3) is 0 Å². The van der Waals surface area contributed by atoms with Crippen molar-refractivity contribution in [2.24, 2.45) is 11.0 Å². The first-order valence-electron chi connectivity index (χ1n) is 3.98. The molecule has 1 heterocycles. The molecular formula is C8H10N4O3S. The van der Waals surface area contributed by atoms with Gasteiger partial charge in [-0.3, -0.25) is 9.78 Å². The first-order chi connectivity index (χ1) is 7.49. The number of nitrogens with two attached hydrogens (primary N) is 1. The number of aromatic nitrogens is 1. The van der Waals surface area contributed by atoms with Crippen LogP contribution in [0.3, 0.4) is 0 Å². The summed E-state index contributed by atoms with van der Waals surface area (Å²) in [5.41, 5.74) is 5.07. The highest BCUT2D eigenvalue weighted by molar-refractivity contribution is 7.97. The number of pyridine rings is 1. The summed E-state index contributed by atoms with van der Waals surface area (Å²) in [5, 5.41) is 2.45. The molecular weight excluding hydrogens is 232 g/mol. The fourth-order valence-electron chi connectivity index (χ4n) is 0.530. The molecule has 8 heteroatoms. The molecule has 86 valence electrons. The Kier molecular flexibility index (Phi) is 6.45. The SMILES string of the molecule is CN(N=O)C(N)=O.O=C(S)c1cccnc1. The maximum Gasteiger partial charge on any atom is 0.337 e. The number of rotatable bonds is 2. The summed E-state index contributed by atoms with van der Waals surface area (Å²) in [6.45, 7) is 0. The third-order valence-corrected chi connectivity index (χ3v) is 1.61. The van der Waals surface area contributed by atoms with Gasteiger partial charge in [-0.05, 0) is 12.1 Å². The van der Waals surface area contributed by atoms with Crippen molar-refractivity contribution in [2.75, 3.05) is 7.05 Å². The van der Waals surface area contributed by atoms with E-state index in [0.717, 1.165) is 0 Å². The zero-order valence-corrected chi connectivity index (χ0v) is 9.29. The Bertz CT molecular complexity index is 371. The molecule has 0 saturated carbocycles. The van der Waals surface area contributed by atoms with E-state index in [0.29, 0.717) is 10.6 Å². The van der Waals surface area contributed by atoms with Crippen molar-refractivity contribution < 1.29 is 9.59 Å². The fourth-order valence-corrected chi connectivity index (χ4v) is 0.662. The fraction of sp³-hybridized carbons (Fsp3) is 0.125. The van der Waals surface area contributed by atoms with Gasteiger partial charge in [-0.1, -0.05) is 0 Å². The highest BCUT2D eigenvalue weighted by Crippen LogP contribution is 1.98. The summed E-state index contributed by atoms with van der Waals surface area (Å²) < 4.78 is 0. The summed E-state index contributed by atoms with van der Waals surface area (Å²) in [5.74, 6) is 0. The van der Waals surface area contributed by atoms with Gasteiger partial charge < -0.3 is 5.73 Å². The van der Waals surface area contributed by atoms with Crippen LogP contribution in [-0.2, 0) is 0 Å². The van der Waals surface area contributed by atoms with E-state index in [4.69, 9.17) is 0 Å². The standard InChI is InChI=1S/C6H5NOS.C2H5N3O2/c8-6(9)5-2-1-3-7-4-5;1-5(4-7)2(3)6/h1-4H,(H,8,9);1H3,(H2,3,6). The molecule has 1 aromatic heterocycles. The van der Waals surface area contributed by atoms with Crippen LogP contribution in [0.5, 0.6) is 0 Å². The molecule has 0 aliphatic carbocycles. The molecule has 16 heavy (non-hydrogen) atoms. The Morgan fingerprint density at radius 3 is 2.38 bits per heavy atom. The minimum Gasteiger partial charge on any atom is -0.350 e. The second-order valence-corrected chi connectivity index (χ2v) is 2.90. The van der Waals surface area contributed by atoms with Crippen LogP contribution in [0, 0.1) is 4.91 Å². The monoisotopic (exact) mass is 242 g/mol. The van der Waals surface area contributed by atoms with E-state index in [2.05, 4.69) is 28.6 Å². The molecule has 0 aliphatic heterocycles. The van der Waals surface area contributed by atoms with E-state index in [9.17, 15) is 14.5 Å². The van der Waals surface area contributed by atoms with Gasteiger partial charge in [-0.2, -0.15) is 5.01 Å². The van der Waals surface area contributed by atoms with Crippen LogP contribution >= 0.6 is 12.6 Å². The molecule has 0 unspecified atom stereocenters. The van der Waals surface area contributed by atoms with Crippen molar-refractivity contribution in [3.05, 3.63) is 35.0 Å². The molecule has 1 rings (SSSR count). The molecule has 0 atom stereocenters. The van der Waals surface area contributed by atoms with Gasteiger partial charge in [-0.25, -0.2) is 4.79 Å². The van der Waals surface area contributed by atoms with E-state index in [-0.39, 0.29) is 5.12 Å². The summed E-state index contributed by atoms with van der Waals surface area (Å²) in [4.78, 5) is 33.3. The molecule has 0 aliphatic rings. The van der Waals surface area contributed by atoms with Crippen molar-refractivity contribution in [1.29, 1.82) is 0 Å². The predicted molar refractivity (Wildman–Crippen MR) is 60.7 cm³/mol. The van der Waals surface area contributed by atoms with E-state index in [1.807, 2.05) is 0 Å². The smallest absolute Gasteiger partial charge is 0.337 e. The topological polar surface area (TPSA) is 106 Å². The number of thiol groups is 1. The van der Waals surface area contributed by atoms with E-state index in [1.54, 1.807) is 18.3 Å². The van der Waals surface area contributed by atoms with Crippen molar-refractivity contribution in [3.63, 3.8) is 0 Å². The van der Waals surface area contributed by atoms with Crippen LogP contribution in [0.4, 0.5) is 4.79 Å². The third kappa shape index (κ3) is 5.70. The van der Waals surface area contributed by atoms with Gasteiger partial charge in [0.15, 0.2) is 0 Å². The van der Waals surface area contributed by atoms with Gasteiger partial charge in [0.2, 0.25) is 5.12 Å². The molecule has 0 saturated heterocycles. The summed E-state index contributed by atoms with van der Waals surface area (Å²) in [6.07, 6.45) is 3.09. The van der Waals surface area contributed by atoms with Gasteiger partial charge >= 0.3 is 6.03 Å². The van der Waals surface area contributed by atoms with Crippen LogP contribution in [-0.4, -0.2) is 28.2 Å². The maximum atomic E-state index is 10.5.